The second kappa shape index (κ2) is 3.66. The molecule has 3 heteroatoms. The first-order valence-corrected chi connectivity index (χ1v) is 5.36. The predicted octanol–water partition coefficient (Wildman–Crippen LogP) is 3.42. The van der Waals surface area contributed by atoms with Gasteiger partial charge in [-0.2, -0.15) is 0 Å². The van der Waals surface area contributed by atoms with E-state index >= 15 is 0 Å². The highest BCUT2D eigenvalue weighted by Crippen LogP contribution is 2.29. The van der Waals surface area contributed by atoms with Crippen molar-refractivity contribution in [1.82, 2.24) is 0 Å². The normalized spacial score (nSPS) is 17.9. The van der Waals surface area contributed by atoms with E-state index in [1.165, 1.54) is 12.8 Å². The standard InChI is InChI=1S/C10H11BrO2/c11-9-6-5-8(13-9)10(12)7-3-1-2-4-7/h5-7H,1-4H2. The summed E-state index contributed by atoms with van der Waals surface area (Å²) in [5.41, 5.74) is 0. The van der Waals surface area contributed by atoms with Gasteiger partial charge in [0, 0.05) is 5.92 Å². The zero-order valence-electron chi connectivity index (χ0n) is 7.25. The fourth-order valence-electron chi connectivity index (χ4n) is 1.84. The highest BCUT2D eigenvalue weighted by Gasteiger charge is 2.25. The molecule has 1 aliphatic rings. The Bertz CT molecular complexity index is 310. The quantitative estimate of drug-likeness (QED) is 0.745. The predicted molar refractivity (Wildman–Crippen MR) is 52.7 cm³/mol. The topological polar surface area (TPSA) is 30.2 Å². The molecule has 0 unspecified atom stereocenters. The smallest absolute Gasteiger partial charge is 0.201 e. The number of rotatable bonds is 2. The van der Waals surface area contributed by atoms with Crippen molar-refractivity contribution in [3.8, 4) is 0 Å². The minimum absolute atomic E-state index is 0.170. The molecule has 2 nitrogen and oxygen atoms in total. The summed E-state index contributed by atoms with van der Waals surface area (Å²) in [6.07, 6.45) is 4.41. The molecule has 1 heterocycles. The van der Waals surface area contributed by atoms with E-state index in [1.54, 1.807) is 12.1 Å². The first-order valence-electron chi connectivity index (χ1n) is 4.57. The van der Waals surface area contributed by atoms with Gasteiger partial charge in [-0.25, -0.2) is 0 Å². The highest BCUT2D eigenvalue weighted by molar-refractivity contribution is 9.10. The molecule has 1 saturated carbocycles. The van der Waals surface area contributed by atoms with Gasteiger partial charge >= 0.3 is 0 Å². The van der Waals surface area contributed by atoms with Crippen LogP contribution in [0.1, 0.15) is 36.2 Å². The van der Waals surface area contributed by atoms with Gasteiger partial charge in [-0.3, -0.25) is 4.79 Å². The van der Waals surface area contributed by atoms with Crippen molar-refractivity contribution in [1.29, 1.82) is 0 Å². The minimum atomic E-state index is 0.170. The zero-order valence-corrected chi connectivity index (χ0v) is 8.84. The molecule has 1 fully saturated rings. The summed E-state index contributed by atoms with van der Waals surface area (Å²) in [4.78, 5) is 11.7. The van der Waals surface area contributed by atoms with Gasteiger partial charge < -0.3 is 4.42 Å². The van der Waals surface area contributed by atoms with E-state index in [9.17, 15) is 4.79 Å². The van der Waals surface area contributed by atoms with Crippen molar-refractivity contribution < 1.29 is 9.21 Å². The average molecular weight is 243 g/mol. The van der Waals surface area contributed by atoms with Crippen LogP contribution >= 0.6 is 15.9 Å². The fourth-order valence-corrected chi connectivity index (χ4v) is 2.14. The van der Waals surface area contributed by atoms with Crippen molar-refractivity contribution in [3.05, 3.63) is 22.6 Å². The van der Waals surface area contributed by atoms with Gasteiger partial charge in [0.25, 0.3) is 0 Å². The molecule has 0 aromatic carbocycles. The van der Waals surface area contributed by atoms with Crippen LogP contribution in [0.3, 0.4) is 0 Å². The van der Waals surface area contributed by atoms with E-state index < -0.39 is 0 Å². The van der Waals surface area contributed by atoms with Crippen molar-refractivity contribution in [3.63, 3.8) is 0 Å². The second-order valence-electron chi connectivity index (χ2n) is 3.45. The number of Topliss-reactive ketones (excluding diaryl/α,β-unsaturated/α-hetero) is 1. The molecule has 13 heavy (non-hydrogen) atoms. The number of hydrogen-bond donors (Lipinski definition) is 0. The van der Waals surface area contributed by atoms with Gasteiger partial charge in [-0.05, 0) is 40.9 Å². The van der Waals surface area contributed by atoms with Crippen LogP contribution in [0.15, 0.2) is 21.2 Å². The Labute approximate surface area is 85.4 Å². The molecule has 1 aromatic heterocycles. The summed E-state index contributed by atoms with van der Waals surface area (Å²) in [5, 5.41) is 0. The van der Waals surface area contributed by atoms with Crippen LogP contribution in [0.5, 0.6) is 0 Å². The lowest BCUT2D eigenvalue weighted by Crippen LogP contribution is -2.09. The van der Waals surface area contributed by atoms with Crippen LogP contribution < -0.4 is 0 Å². The summed E-state index contributed by atoms with van der Waals surface area (Å²) < 4.78 is 5.86. The fraction of sp³-hybridized carbons (Fsp3) is 0.500. The molecule has 0 amide bonds. The second-order valence-corrected chi connectivity index (χ2v) is 4.23. The van der Waals surface area contributed by atoms with E-state index in [0.29, 0.717) is 10.4 Å². The molecule has 0 atom stereocenters. The number of halogens is 1. The van der Waals surface area contributed by atoms with Gasteiger partial charge in [0.05, 0.1) is 0 Å². The van der Waals surface area contributed by atoms with Crippen molar-refractivity contribution in [2.45, 2.75) is 25.7 Å². The van der Waals surface area contributed by atoms with E-state index in [2.05, 4.69) is 15.9 Å². The molecule has 2 rings (SSSR count). The molecule has 1 aliphatic carbocycles. The van der Waals surface area contributed by atoms with Crippen LogP contribution in [0.4, 0.5) is 0 Å². The van der Waals surface area contributed by atoms with Crippen LogP contribution in [-0.4, -0.2) is 5.78 Å². The first-order chi connectivity index (χ1) is 6.27. The lowest BCUT2D eigenvalue weighted by Gasteiger charge is -2.03. The maximum Gasteiger partial charge on any atom is 0.201 e. The third-order valence-electron chi connectivity index (χ3n) is 2.54. The largest absolute Gasteiger partial charge is 0.446 e. The Balaban J connectivity index is 2.12. The van der Waals surface area contributed by atoms with Crippen LogP contribution in [0.25, 0.3) is 0 Å². The Kier molecular flexibility index (Phi) is 2.54. The number of hydrogen-bond acceptors (Lipinski definition) is 2. The number of carbonyl (C=O) groups excluding carboxylic acids is 1. The molecular weight excluding hydrogens is 232 g/mol. The Hall–Kier alpha value is -0.570. The van der Waals surface area contributed by atoms with Crippen molar-refractivity contribution in [2.24, 2.45) is 5.92 Å². The van der Waals surface area contributed by atoms with Crippen molar-refractivity contribution >= 4 is 21.7 Å². The van der Waals surface area contributed by atoms with E-state index in [1.807, 2.05) is 0 Å². The van der Waals surface area contributed by atoms with Crippen LogP contribution in [-0.2, 0) is 0 Å². The molecule has 0 radical (unpaired) electrons. The van der Waals surface area contributed by atoms with Gasteiger partial charge in [-0.1, -0.05) is 12.8 Å². The maximum atomic E-state index is 11.7. The third kappa shape index (κ3) is 1.85. The first kappa shape index (κ1) is 9.00. The van der Waals surface area contributed by atoms with Crippen molar-refractivity contribution in [2.75, 3.05) is 0 Å². The van der Waals surface area contributed by atoms with Gasteiger partial charge in [0.15, 0.2) is 10.4 Å². The van der Waals surface area contributed by atoms with Gasteiger partial charge in [0.1, 0.15) is 0 Å². The van der Waals surface area contributed by atoms with Gasteiger partial charge in [-0.15, -0.1) is 0 Å². The molecule has 70 valence electrons. The summed E-state index contributed by atoms with van der Waals surface area (Å²) in [7, 11) is 0. The number of carbonyl (C=O) groups is 1. The lowest BCUT2D eigenvalue weighted by molar-refractivity contribution is 0.0893. The Morgan fingerprint density at radius 1 is 1.38 bits per heavy atom. The van der Waals surface area contributed by atoms with Gasteiger partial charge in [0.2, 0.25) is 5.78 Å². The molecule has 0 aliphatic heterocycles. The Morgan fingerprint density at radius 3 is 2.62 bits per heavy atom. The molecule has 0 N–H and O–H groups in total. The average Bonchev–Trinajstić information content (AvgIpc) is 2.72. The maximum absolute atomic E-state index is 11.7. The monoisotopic (exact) mass is 242 g/mol. The summed E-state index contributed by atoms with van der Waals surface area (Å²) in [5.74, 6) is 0.875. The number of ketones is 1. The highest BCUT2D eigenvalue weighted by atomic mass is 79.9. The van der Waals surface area contributed by atoms with E-state index in [-0.39, 0.29) is 11.7 Å². The third-order valence-corrected chi connectivity index (χ3v) is 2.97. The lowest BCUT2D eigenvalue weighted by atomic mass is 10.0. The SMILES string of the molecule is O=C(c1ccc(Br)o1)C1CCCC1. The molecule has 0 saturated heterocycles. The Morgan fingerprint density at radius 2 is 2.08 bits per heavy atom. The summed E-state index contributed by atoms with van der Waals surface area (Å²) >= 11 is 3.19. The summed E-state index contributed by atoms with van der Waals surface area (Å²) in [6.45, 7) is 0. The molecule has 1 aromatic rings. The number of furan rings is 1. The van der Waals surface area contributed by atoms with Crippen LogP contribution in [0, 0.1) is 5.92 Å². The van der Waals surface area contributed by atoms with E-state index in [4.69, 9.17) is 4.42 Å². The zero-order chi connectivity index (χ0) is 9.26. The van der Waals surface area contributed by atoms with E-state index in [0.717, 1.165) is 12.8 Å². The molecular formula is C10H11BrO2. The molecule has 0 spiro atoms. The summed E-state index contributed by atoms with van der Waals surface area (Å²) in [6, 6.07) is 3.51. The van der Waals surface area contributed by atoms with Crippen LogP contribution in [0.2, 0.25) is 0 Å². The molecule has 0 bridgehead atoms. The minimum Gasteiger partial charge on any atom is -0.446 e.